The topological polar surface area (TPSA) is 120 Å². The summed E-state index contributed by atoms with van der Waals surface area (Å²) < 4.78 is 0. The minimum absolute atomic E-state index is 0.0107. The molecule has 0 heterocycles. The van der Waals surface area contributed by atoms with Gasteiger partial charge in [-0.2, -0.15) is 0 Å². The molecule has 3 aliphatic rings. The Balaban J connectivity index is 1.85. The van der Waals surface area contributed by atoms with Gasteiger partial charge in [0.2, 0.25) is 23.6 Å². The van der Waals surface area contributed by atoms with Crippen LogP contribution in [0.1, 0.15) is 124 Å². The molecule has 3 saturated carbocycles. The van der Waals surface area contributed by atoms with E-state index in [0.29, 0.717) is 13.0 Å². The van der Waals surface area contributed by atoms with Gasteiger partial charge in [0.15, 0.2) is 0 Å². The normalized spacial score (nSPS) is 21.8. The first kappa shape index (κ1) is 35.3. The first-order valence-corrected chi connectivity index (χ1v) is 17.5. The van der Waals surface area contributed by atoms with Crippen molar-refractivity contribution in [3.63, 3.8) is 0 Å². The highest BCUT2D eigenvalue weighted by molar-refractivity contribution is 5.95. The predicted molar refractivity (Wildman–Crippen MR) is 171 cm³/mol. The average molecular weight is 604 g/mol. The summed E-state index contributed by atoms with van der Waals surface area (Å²) in [6, 6.07) is -2.32. The Labute approximate surface area is 260 Å². The fourth-order valence-electron chi connectivity index (χ4n) is 7.80. The van der Waals surface area contributed by atoms with Crippen molar-refractivity contribution in [3.05, 3.63) is 0 Å². The Morgan fingerprint density at radius 1 is 0.651 bits per heavy atom. The summed E-state index contributed by atoms with van der Waals surface area (Å²) in [6.07, 6.45) is 16.0. The second kappa shape index (κ2) is 18.0. The third-order valence-electron chi connectivity index (χ3n) is 10.3. The number of carbonyl (C=O) groups is 4. The van der Waals surface area contributed by atoms with Gasteiger partial charge in [0.1, 0.15) is 18.1 Å². The smallest absolute Gasteiger partial charge is 0.245 e. The average Bonchev–Trinajstić information content (AvgIpc) is 3.02. The lowest BCUT2D eigenvalue weighted by Crippen LogP contribution is -2.62. The lowest BCUT2D eigenvalue weighted by Gasteiger charge is -2.38. The van der Waals surface area contributed by atoms with Gasteiger partial charge in [-0.15, -0.1) is 0 Å². The van der Waals surface area contributed by atoms with Gasteiger partial charge < -0.3 is 26.2 Å². The fraction of sp³-hybridized carbons (Fsp3) is 0.882. The summed E-state index contributed by atoms with van der Waals surface area (Å²) in [5.74, 6) is -0.176. The lowest BCUT2D eigenvalue weighted by molar-refractivity contribution is -0.144. The zero-order valence-electron chi connectivity index (χ0n) is 27.7. The maximum Gasteiger partial charge on any atom is 0.245 e. The zero-order chi connectivity index (χ0) is 31.4. The van der Waals surface area contributed by atoms with E-state index >= 15 is 0 Å². The van der Waals surface area contributed by atoms with Gasteiger partial charge >= 0.3 is 0 Å². The fourth-order valence-corrected chi connectivity index (χ4v) is 7.80. The van der Waals surface area contributed by atoms with Crippen molar-refractivity contribution in [1.29, 1.82) is 0 Å². The molecule has 4 atom stereocenters. The number of hydrogen-bond donors (Lipinski definition) is 4. The van der Waals surface area contributed by atoms with Crippen LogP contribution < -0.4 is 21.3 Å². The molecule has 246 valence electrons. The van der Waals surface area contributed by atoms with Crippen LogP contribution in [0.3, 0.4) is 0 Å². The highest BCUT2D eigenvalue weighted by Crippen LogP contribution is 2.31. The van der Waals surface area contributed by atoms with E-state index in [2.05, 4.69) is 21.3 Å². The molecule has 9 nitrogen and oxygen atoms in total. The van der Waals surface area contributed by atoms with Crippen molar-refractivity contribution >= 4 is 23.6 Å². The molecule has 0 radical (unpaired) electrons. The zero-order valence-corrected chi connectivity index (χ0v) is 27.7. The molecule has 3 aliphatic carbocycles. The largest absolute Gasteiger partial charge is 0.355 e. The molecule has 0 aromatic rings. The third kappa shape index (κ3) is 10.2. The molecule has 3 fully saturated rings. The van der Waals surface area contributed by atoms with Crippen molar-refractivity contribution in [2.75, 3.05) is 20.6 Å². The van der Waals surface area contributed by atoms with Crippen molar-refractivity contribution in [2.45, 2.75) is 148 Å². The number of rotatable bonds is 14. The van der Waals surface area contributed by atoms with E-state index < -0.39 is 18.1 Å². The maximum absolute atomic E-state index is 14.2. The van der Waals surface area contributed by atoms with Crippen LogP contribution in [0.15, 0.2) is 0 Å². The quantitative estimate of drug-likeness (QED) is 0.236. The van der Waals surface area contributed by atoms with E-state index in [1.165, 1.54) is 6.42 Å². The van der Waals surface area contributed by atoms with Gasteiger partial charge in [-0.1, -0.05) is 71.6 Å². The number of hydrogen-bond acceptors (Lipinski definition) is 5. The van der Waals surface area contributed by atoms with Gasteiger partial charge in [0, 0.05) is 13.6 Å². The summed E-state index contributed by atoms with van der Waals surface area (Å²) in [6.45, 7) is 6.47. The molecular formula is C34H61N5O4. The van der Waals surface area contributed by atoms with Crippen LogP contribution in [0, 0.1) is 23.7 Å². The van der Waals surface area contributed by atoms with Crippen LogP contribution in [0.2, 0.25) is 0 Å². The van der Waals surface area contributed by atoms with Crippen molar-refractivity contribution in [3.8, 4) is 0 Å². The highest BCUT2D eigenvalue weighted by Gasteiger charge is 2.40. The SMILES string of the molecule is CCNC(=O)[C@@H](CC(C)C)N(C)C(=O)[C@H](NC(=O)[C@H](NC(=O)[C@H](NC)C1CCCCC1)C1CCCCC1)C1CCCCC1. The summed E-state index contributed by atoms with van der Waals surface area (Å²) >= 11 is 0. The number of carbonyl (C=O) groups excluding carboxylic acids is 4. The molecule has 0 spiro atoms. The van der Waals surface area contributed by atoms with E-state index in [1.807, 2.05) is 27.8 Å². The molecule has 0 aromatic carbocycles. The monoisotopic (exact) mass is 603 g/mol. The summed E-state index contributed by atoms with van der Waals surface area (Å²) in [5.41, 5.74) is 0. The molecule has 4 N–H and O–H groups in total. The first-order valence-electron chi connectivity index (χ1n) is 17.5. The summed E-state index contributed by atoms with van der Waals surface area (Å²) in [7, 11) is 3.54. The second-order valence-electron chi connectivity index (χ2n) is 13.9. The van der Waals surface area contributed by atoms with Gasteiger partial charge in [-0.25, -0.2) is 0 Å². The lowest BCUT2D eigenvalue weighted by atomic mass is 9.80. The van der Waals surface area contributed by atoms with E-state index in [1.54, 1.807) is 11.9 Å². The van der Waals surface area contributed by atoms with Crippen LogP contribution in [-0.2, 0) is 19.2 Å². The van der Waals surface area contributed by atoms with Gasteiger partial charge in [-0.05, 0) is 82.6 Å². The molecule has 4 amide bonds. The number of nitrogens with one attached hydrogen (secondary N) is 4. The van der Waals surface area contributed by atoms with E-state index in [4.69, 9.17) is 0 Å². The first-order chi connectivity index (χ1) is 20.7. The second-order valence-corrected chi connectivity index (χ2v) is 13.9. The molecule has 0 saturated heterocycles. The Morgan fingerprint density at radius 2 is 1.07 bits per heavy atom. The predicted octanol–water partition coefficient (Wildman–Crippen LogP) is 4.29. The van der Waals surface area contributed by atoms with Crippen molar-refractivity contribution < 1.29 is 19.2 Å². The minimum Gasteiger partial charge on any atom is -0.355 e. The Bertz CT molecular complexity index is 893. The van der Waals surface area contributed by atoms with Crippen LogP contribution in [0.25, 0.3) is 0 Å². The standard InChI is InChI=1S/C34H61N5O4/c1-6-36-31(40)27(22-23(2)3)39(5)34(43)30(26-20-14-9-15-21-26)38-33(42)29(25-18-12-8-13-19-25)37-32(41)28(35-4)24-16-10-7-11-17-24/h23-30,35H,6-22H2,1-5H3,(H,36,40)(H,37,41)(H,38,42)/t27-,28-,29-,30-/m1/s1. The molecule has 0 unspecified atom stereocenters. The van der Waals surface area contributed by atoms with Crippen molar-refractivity contribution in [2.24, 2.45) is 23.7 Å². The summed E-state index contributed by atoms with van der Waals surface area (Å²) in [4.78, 5) is 56.8. The molecule has 9 heteroatoms. The number of nitrogens with zero attached hydrogens (tertiary/aromatic N) is 1. The molecule has 3 rings (SSSR count). The Hall–Kier alpha value is -2.16. The van der Waals surface area contributed by atoms with Gasteiger partial charge in [0.25, 0.3) is 0 Å². The van der Waals surface area contributed by atoms with E-state index in [0.717, 1.165) is 89.9 Å². The van der Waals surface area contributed by atoms with Gasteiger partial charge in [0.05, 0.1) is 6.04 Å². The van der Waals surface area contributed by atoms with Crippen molar-refractivity contribution in [1.82, 2.24) is 26.2 Å². The molecule has 43 heavy (non-hydrogen) atoms. The Kier molecular flexibility index (Phi) is 14.8. The molecular weight excluding hydrogens is 542 g/mol. The third-order valence-corrected chi connectivity index (χ3v) is 10.3. The molecule has 0 bridgehead atoms. The van der Waals surface area contributed by atoms with Crippen LogP contribution in [0.5, 0.6) is 0 Å². The van der Waals surface area contributed by atoms with E-state index in [9.17, 15) is 19.2 Å². The van der Waals surface area contributed by atoms with Crippen LogP contribution in [-0.4, -0.2) is 73.3 Å². The van der Waals surface area contributed by atoms with Crippen LogP contribution >= 0.6 is 0 Å². The summed E-state index contributed by atoms with van der Waals surface area (Å²) in [5, 5.41) is 12.5. The molecule has 0 aromatic heterocycles. The minimum atomic E-state index is -0.719. The number of amides is 4. The van der Waals surface area contributed by atoms with Crippen LogP contribution in [0.4, 0.5) is 0 Å². The Morgan fingerprint density at radius 3 is 1.51 bits per heavy atom. The maximum atomic E-state index is 14.2. The highest BCUT2D eigenvalue weighted by atomic mass is 16.2. The van der Waals surface area contributed by atoms with E-state index in [-0.39, 0.29) is 53.3 Å². The number of likely N-dealkylation sites (N-methyl/N-ethyl adjacent to an activating group) is 3. The van der Waals surface area contributed by atoms with Gasteiger partial charge in [-0.3, -0.25) is 19.2 Å². The molecule has 0 aliphatic heterocycles.